The minimum absolute atomic E-state index is 0.399. The molecule has 1 nitrogen and oxygen atoms in total. The van der Waals surface area contributed by atoms with Crippen molar-refractivity contribution in [1.82, 2.24) is 0 Å². The van der Waals surface area contributed by atoms with Crippen LogP contribution in [0.15, 0.2) is 12.1 Å². The van der Waals surface area contributed by atoms with Gasteiger partial charge >= 0.3 is 0 Å². The highest BCUT2D eigenvalue weighted by atomic mass is 79.9. The first-order valence-corrected chi connectivity index (χ1v) is 5.27. The second-order valence-corrected chi connectivity index (χ2v) is 4.68. The molecular weight excluding hydrogens is 228 g/mol. The van der Waals surface area contributed by atoms with Crippen molar-refractivity contribution in [2.45, 2.75) is 25.6 Å². The standard InChI is InChI=1S/C11H15BrO/c1-7-5-10(9(3)12)6-8(2)11(7)13-4/h5-6,9H,1-4H3. The molecule has 72 valence electrons. The van der Waals surface area contributed by atoms with Crippen molar-refractivity contribution < 1.29 is 4.74 Å². The van der Waals surface area contributed by atoms with E-state index in [0.717, 1.165) is 5.75 Å². The van der Waals surface area contributed by atoms with Gasteiger partial charge in [0.25, 0.3) is 0 Å². The highest BCUT2D eigenvalue weighted by molar-refractivity contribution is 9.09. The zero-order chi connectivity index (χ0) is 10.0. The Balaban J connectivity index is 3.20. The van der Waals surface area contributed by atoms with Crippen molar-refractivity contribution in [3.63, 3.8) is 0 Å². The zero-order valence-electron chi connectivity index (χ0n) is 8.52. The van der Waals surface area contributed by atoms with Crippen LogP contribution in [0, 0.1) is 13.8 Å². The van der Waals surface area contributed by atoms with Gasteiger partial charge in [0.05, 0.1) is 7.11 Å². The van der Waals surface area contributed by atoms with Gasteiger partial charge in [0.15, 0.2) is 0 Å². The van der Waals surface area contributed by atoms with Crippen LogP contribution < -0.4 is 4.74 Å². The topological polar surface area (TPSA) is 9.23 Å². The van der Waals surface area contributed by atoms with Crippen molar-refractivity contribution in [2.75, 3.05) is 7.11 Å². The Labute approximate surface area is 88.2 Å². The van der Waals surface area contributed by atoms with E-state index in [1.807, 2.05) is 0 Å². The first-order chi connectivity index (χ1) is 6.06. The predicted octanol–water partition coefficient (Wildman–Crippen LogP) is 3.77. The fourth-order valence-electron chi connectivity index (χ4n) is 1.54. The molecule has 0 aliphatic rings. The van der Waals surface area contributed by atoms with E-state index in [-0.39, 0.29) is 0 Å². The summed E-state index contributed by atoms with van der Waals surface area (Å²) in [5, 5.41) is 0. The van der Waals surface area contributed by atoms with E-state index in [2.05, 4.69) is 48.8 Å². The minimum Gasteiger partial charge on any atom is -0.496 e. The van der Waals surface area contributed by atoms with Gasteiger partial charge in [-0.25, -0.2) is 0 Å². The summed E-state index contributed by atoms with van der Waals surface area (Å²) in [4.78, 5) is 0.399. The molecule has 0 bridgehead atoms. The summed E-state index contributed by atoms with van der Waals surface area (Å²) in [5.74, 6) is 0.997. The van der Waals surface area contributed by atoms with Gasteiger partial charge in [-0.1, -0.05) is 28.1 Å². The summed E-state index contributed by atoms with van der Waals surface area (Å²) in [7, 11) is 1.71. The van der Waals surface area contributed by atoms with Gasteiger partial charge < -0.3 is 4.74 Å². The summed E-state index contributed by atoms with van der Waals surface area (Å²) in [6.45, 7) is 6.27. The van der Waals surface area contributed by atoms with E-state index in [9.17, 15) is 0 Å². The maximum absolute atomic E-state index is 5.30. The van der Waals surface area contributed by atoms with Gasteiger partial charge in [-0.2, -0.15) is 0 Å². The predicted molar refractivity (Wildman–Crippen MR) is 59.8 cm³/mol. The minimum atomic E-state index is 0.399. The van der Waals surface area contributed by atoms with Crippen LogP contribution in [0.1, 0.15) is 28.4 Å². The number of alkyl halides is 1. The van der Waals surface area contributed by atoms with Gasteiger partial charge in [-0.3, -0.25) is 0 Å². The van der Waals surface area contributed by atoms with Gasteiger partial charge in [0, 0.05) is 4.83 Å². The van der Waals surface area contributed by atoms with Crippen LogP contribution in [0.2, 0.25) is 0 Å². The van der Waals surface area contributed by atoms with Crippen molar-refractivity contribution >= 4 is 15.9 Å². The Kier molecular flexibility index (Phi) is 3.37. The van der Waals surface area contributed by atoms with Crippen LogP contribution in [0.5, 0.6) is 5.75 Å². The first kappa shape index (κ1) is 10.6. The maximum atomic E-state index is 5.30. The molecule has 0 spiro atoms. The number of hydrogen-bond donors (Lipinski definition) is 0. The smallest absolute Gasteiger partial charge is 0.124 e. The molecule has 1 aromatic carbocycles. The molecule has 0 radical (unpaired) electrons. The summed E-state index contributed by atoms with van der Waals surface area (Å²) in [5.41, 5.74) is 3.70. The molecule has 0 saturated carbocycles. The van der Waals surface area contributed by atoms with Crippen LogP contribution in [0.3, 0.4) is 0 Å². The van der Waals surface area contributed by atoms with E-state index in [4.69, 9.17) is 4.74 Å². The molecule has 13 heavy (non-hydrogen) atoms. The third-order valence-electron chi connectivity index (χ3n) is 2.15. The average Bonchev–Trinajstić information content (AvgIpc) is 2.03. The van der Waals surface area contributed by atoms with Crippen LogP contribution in [0.25, 0.3) is 0 Å². The number of ether oxygens (including phenoxy) is 1. The fraction of sp³-hybridized carbons (Fsp3) is 0.455. The number of rotatable bonds is 2. The molecule has 2 heteroatoms. The second kappa shape index (κ2) is 4.14. The quantitative estimate of drug-likeness (QED) is 0.718. The first-order valence-electron chi connectivity index (χ1n) is 4.35. The largest absolute Gasteiger partial charge is 0.496 e. The Morgan fingerprint density at radius 2 is 1.69 bits per heavy atom. The fourth-order valence-corrected chi connectivity index (χ4v) is 1.80. The number of hydrogen-bond acceptors (Lipinski definition) is 1. The number of halogens is 1. The summed E-state index contributed by atoms with van der Waals surface area (Å²) >= 11 is 3.56. The van der Waals surface area contributed by atoms with Crippen LogP contribution in [-0.2, 0) is 0 Å². The van der Waals surface area contributed by atoms with Crippen LogP contribution >= 0.6 is 15.9 Å². The normalized spacial score (nSPS) is 12.7. The maximum Gasteiger partial charge on any atom is 0.124 e. The Hall–Kier alpha value is -0.500. The molecule has 1 rings (SSSR count). The molecule has 0 aromatic heterocycles. The van der Waals surface area contributed by atoms with Gasteiger partial charge in [0.1, 0.15) is 5.75 Å². The van der Waals surface area contributed by atoms with E-state index in [0.29, 0.717) is 4.83 Å². The molecule has 0 saturated heterocycles. The van der Waals surface area contributed by atoms with Crippen LogP contribution in [-0.4, -0.2) is 7.11 Å². The lowest BCUT2D eigenvalue weighted by atomic mass is 10.0. The molecule has 0 N–H and O–H groups in total. The molecule has 0 aliphatic carbocycles. The lowest BCUT2D eigenvalue weighted by molar-refractivity contribution is 0.408. The average molecular weight is 243 g/mol. The molecule has 0 amide bonds. The van der Waals surface area contributed by atoms with Gasteiger partial charge in [-0.15, -0.1) is 0 Å². The molecule has 1 atom stereocenters. The lowest BCUT2D eigenvalue weighted by Gasteiger charge is -2.12. The lowest BCUT2D eigenvalue weighted by Crippen LogP contribution is -1.94. The highest BCUT2D eigenvalue weighted by Gasteiger charge is 2.07. The van der Waals surface area contributed by atoms with E-state index in [1.54, 1.807) is 7.11 Å². The molecule has 1 unspecified atom stereocenters. The summed E-state index contributed by atoms with van der Waals surface area (Å²) in [6.07, 6.45) is 0. The Morgan fingerprint density at radius 1 is 1.23 bits per heavy atom. The van der Waals surface area contributed by atoms with Crippen molar-refractivity contribution in [1.29, 1.82) is 0 Å². The summed E-state index contributed by atoms with van der Waals surface area (Å²) in [6, 6.07) is 4.32. The number of aryl methyl sites for hydroxylation is 2. The highest BCUT2D eigenvalue weighted by Crippen LogP contribution is 2.30. The Bertz CT molecular complexity index is 282. The summed E-state index contributed by atoms with van der Waals surface area (Å²) < 4.78 is 5.30. The number of methoxy groups -OCH3 is 1. The molecular formula is C11H15BrO. The van der Waals surface area contributed by atoms with E-state index >= 15 is 0 Å². The van der Waals surface area contributed by atoms with E-state index < -0.39 is 0 Å². The third-order valence-corrected chi connectivity index (χ3v) is 2.67. The van der Waals surface area contributed by atoms with Gasteiger partial charge in [-0.05, 0) is 37.5 Å². The van der Waals surface area contributed by atoms with Crippen molar-refractivity contribution in [3.8, 4) is 5.75 Å². The zero-order valence-corrected chi connectivity index (χ0v) is 10.1. The molecule has 1 aromatic rings. The van der Waals surface area contributed by atoms with Gasteiger partial charge in [0.2, 0.25) is 0 Å². The molecule has 0 heterocycles. The third kappa shape index (κ3) is 2.25. The van der Waals surface area contributed by atoms with Crippen molar-refractivity contribution in [3.05, 3.63) is 28.8 Å². The second-order valence-electron chi connectivity index (χ2n) is 3.30. The molecule has 0 aliphatic heterocycles. The SMILES string of the molecule is COc1c(C)cc(C(C)Br)cc1C. The van der Waals surface area contributed by atoms with Crippen molar-refractivity contribution in [2.24, 2.45) is 0 Å². The monoisotopic (exact) mass is 242 g/mol. The Morgan fingerprint density at radius 3 is 2.00 bits per heavy atom. The molecule has 0 fully saturated rings. The van der Waals surface area contributed by atoms with Crippen LogP contribution in [0.4, 0.5) is 0 Å². The van der Waals surface area contributed by atoms with E-state index in [1.165, 1.54) is 16.7 Å². The number of benzene rings is 1.